The van der Waals surface area contributed by atoms with Gasteiger partial charge in [0.25, 0.3) is 5.56 Å². The van der Waals surface area contributed by atoms with Crippen molar-refractivity contribution in [1.29, 1.82) is 0 Å². The number of aromatic nitrogens is 1. The van der Waals surface area contributed by atoms with Crippen molar-refractivity contribution in [3.8, 4) is 0 Å². The lowest BCUT2D eigenvalue weighted by molar-refractivity contribution is 0.639. The molecule has 4 heteroatoms. The Morgan fingerprint density at radius 1 is 1.31 bits per heavy atom. The summed E-state index contributed by atoms with van der Waals surface area (Å²) >= 11 is 3.12. The topological polar surface area (TPSA) is 32.9 Å². The van der Waals surface area contributed by atoms with Gasteiger partial charge in [-0.05, 0) is 18.2 Å². The fraction of sp³-hybridized carbons (Fsp3) is 0. The number of aromatic amines is 1. The predicted molar refractivity (Wildman–Crippen MR) is 52.2 cm³/mol. The van der Waals surface area contributed by atoms with Crippen LogP contribution < -0.4 is 5.56 Å². The van der Waals surface area contributed by atoms with E-state index < -0.39 is 5.82 Å². The Kier molecular flexibility index (Phi) is 1.92. The molecule has 0 aliphatic heterocycles. The first-order valence-corrected chi connectivity index (χ1v) is 4.44. The summed E-state index contributed by atoms with van der Waals surface area (Å²) in [7, 11) is 0. The molecule has 0 bridgehead atoms. The van der Waals surface area contributed by atoms with Crippen molar-refractivity contribution in [3.63, 3.8) is 0 Å². The third kappa shape index (κ3) is 1.37. The highest BCUT2D eigenvalue weighted by Gasteiger charge is 2.04. The summed E-state index contributed by atoms with van der Waals surface area (Å²) in [4.78, 5) is 13.7. The molecule has 66 valence electrons. The molecular formula is C9H5BrFNO. The van der Waals surface area contributed by atoms with Crippen LogP contribution in [0.3, 0.4) is 0 Å². The summed E-state index contributed by atoms with van der Waals surface area (Å²) < 4.78 is 13.8. The van der Waals surface area contributed by atoms with Gasteiger partial charge in [-0.15, -0.1) is 0 Å². The van der Waals surface area contributed by atoms with Gasteiger partial charge in [-0.1, -0.05) is 15.9 Å². The van der Waals surface area contributed by atoms with Gasteiger partial charge in [0, 0.05) is 16.1 Å². The van der Waals surface area contributed by atoms with Crippen LogP contribution in [-0.2, 0) is 0 Å². The highest BCUT2D eigenvalue weighted by Crippen LogP contribution is 2.19. The second-order valence-electron chi connectivity index (χ2n) is 2.66. The van der Waals surface area contributed by atoms with Crippen molar-refractivity contribution in [2.75, 3.05) is 0 Å². The Balaban J connectivity index is 3.03. The third-order valence-corrected chi connectivity index (χ3v) is 2.26. The zero-order chi connectivity index (χ0) is 9.42. The minimum absolute atomic E-state index is 0.280. The first-order valence-electron chi connectivity index (χ1n) is 3.65. The monoisotopic (exact) mass is 241 g/mol. The molecule has 0 unspecified atom stereocenters. The lowest BCUT2D eigenvalue weighted by atomic mass is 10.2. The zero-order valence-electron chi connectivity index (χ0n) is 6.47. The van der Waals surface area contributed by atoms with E-state index in [0.717, 1.165) is 0 Å². The van der Waals surface area contributed by atoms with Gasteiger partial charge in [0.05, 0.1) is 5.39 Å². The average Bonchev–Trinajstić information content (AvgIpc) is 2.07. The highest BCUT2D eigenvalue weighted by atomic mass is 79.9. The van der Waals surface area contributed by atoms with Crippen LogP contribution in [-0.4, -0.2) is 4.98 Å². The van der Waals surface area contributed by atoms with Gasteiger partial charge in [-0.25, -0.2) is 4.39 Å². The van der Waals surface area contributed by atoms with E-state index in [2.05, 4.69) is 20.9 Å². The number of pyridine rings is 1. The molecule has 0 radical (unpaired) electrons. The number of halogens is 2. The van der Waals surface area contributed by atoms with Crippen LogP contribution in [0.15, 0.2) is 33.7 Å². The maximum atomic E-state index is 13.2. The molecule has 0 aliphatic carbocycles. The largest absolute Gasteiger partial charge is 0.329 e. The molecule has 1 N–H and O–H groups in total. The normalized spacial score (nSPS) is 10.6. The van der Waals surface area contributed by atoms with Crippen molar-refractivity contribution in [2.45, 2.75) is 0 Å². The molecule has 2 nitrogen and oxygen atoms in total. The number of benzene rings is 1. The van der Waals surface area contributed by atoms with Crippen LogP contribution in [0.25, 0.3) is 10.8 Å². The van der Waals surface area contributed by atoms with Crippen molar-refractivity contribution in [3.05, 3.63) is 45.0 Å². The standard InChI is InChI=1S/C9H5BrFNO/c10-5-3-7-6(8(11)4-5)1-2-12-9(7)13/h1-4H,(H,12,13). The Bertz CT molecular complexity index is 520. The first-order chi connectivity index (χ1) is 6.18. The Morgan fingerprint density at radius 2 is 2.08 bits per heavy atom. The maximum absolute atomic E-state index is 13.2. The summed E-state index contributed by atoms with van der Waals surface area (Å²) in [5.74, 6) is -0.393. The van der Waals surface area contributed by atoms with Crippen molar-refractivity contribution in [2.24, 2.45) is 0 Å². The molecule has 0 saturated carbocycles. The fourth-order valence-corrected chi connectivity index (χ4v) is 1.65. The van der Waals surface area contributed by atoms with Crippen LogP contribution in [0.2, 0.25) is 0 Å². The van der Waals surface area contributed by atoms with Crippen molar-refractivity contribution < 1.29 is 4.39 Å². The third-order valence-electron chi connectivity index (χ3n) is 1.80. The van der Waals surface area contributed by atoms with Gasteiger partial charge in [-0.2, -0.15) is 0 Å². The molecule has 1 aromatic carbocycles. The van der Waals surface area contributed by atoms with Crippen LogP contribution in [0, 0.1) is 5.82 Å². The second-order valence-corrected chi connectivity index (χ2v) is 3.57. The van der Waals surface area contributed by atoms with Gasteiger partial charge in [0.2, 0.25) is 0 Å². The van der Waals surface area contributed by atoms with Crippen LogP contribution in [0.4, 0.5) is 4.39 Å². The van der Waals surface area contributed by atoms with Gasteiger partial charge >= 0.3 is 0 Å². The fourth-order valence-electron chi connectivity index (χ4n) is 1.22. The van der Waals surface area contributed by atoms with E-state index >= 15 is 0 Å². The van der Waals surface area contributed by atoms with Crippen LogP contribution in [0.5, 0.6) is 0 Å². The number of rotatable bonds is 0. The quantitative estimate of drug-likeness (QED) is 0.756. The van der Waals surface area contributed by atoms with E-state index in [1.54, 1.807) is 12.1 Å². The lowest BCUT2D eigenvalue weighted by Gasteiger charge is -1.98. The molecular weight excluding hydrogens is 237 g/mol. The number of fused-ring (bicyclic) bond motifs is 1. The molecule has 0 atom stereocenters. The maximum Gasteiger partial charge on any atom is 0.255 e. The van der Waals surface area contributed by atoms with E-state index in [1.165, 1.54) is 12.3 Å². The van der Waals surface area contributed by atoms with Crippen molar-refractivity contribution >= 4 is 26.7 Å². The summed E-state index contributed by atoms with van der Waals surface area (Å²) in [6, 6.07) is 4.47. The summed E-state index contributed by atoms with van der Waals surface area (Å²) in [5.41, 5.74) is -0.280. The molecule has 0 amide bonds. The molecule has 0 saturated heterocycles. The van der Waals surface area contributed by atoms with Gasteiger partial charge in [0.1, 0.15) is 5.82 Å². The first kappa shape index (κ1) is 8.44. The average molecular weight is 242 g/mol. The smallest absolute Gasteiger partial charge is 0.255 e. The minimum atomic E-state index is -0.393. The number of hydrogen-bond acceptors (Lipinski definition) is 1. The Morgan fingerprint density at radius 3 is 2.85 bits per heavy atom. The summed E-state index contributed by atoms with van der Waals surface area (Å²) in [6.07, 6.45) is 1.43. The molecule has 0 spiro atoms. The zero-order valence-corrected chi connectivity index (χ0v) is 8.06. The molecule has 0 aliphatic rings. The summed E-state index contributed by atoms with van der Waals surface area (Å²) in [6.45, 7) is 0. The van der Waals surface area contributed by atoms with E-state index in [1.807, 2.05) is 0 Å². The molecule has 2 rings (SSSR count). The lowest BCUT2D eigenvalue weighted by Crippen LogP contribution is -2.04. The number of hydrogen-bond donors (Lipinski definition) is 1. The second kappa shape index (κ2) is 2.96. The van der Waals surface area contributed by atoms with Gasteiger partial charge in [-0.3, -0.25) is 4.79 Å². The number of H-pyrrole nitrogens is 1. The van der Waals surface area contributed by atoms with E-state index in [4.69, 9.17) is 0 Å². The van der Waals surface area contributed by atoms with E-state index in [9.17, 15) is 9.18 Å². The van der Waals surface area contributed by atoms with Gasteiger partial charge < -0.3 is 4.98 Å². The van der Waals surface area contributed by atoms with E-state index in [0.29, 0.717) is 15.2 Å². The number of nitrogens with one attached hydrogen (secondary N) is 1. The van der Waals surface area contributed by atoms with E-state index in [-0.39, 0.29) is 5.56 Å². The molecule has 0 fully saturated rings. The predicted octanol–water partition coefficient (Wildman–Crippen LogP) is 2.43. The molecule has 1 heterocycles. The SMILES string of the molecule is O=c1[nH]ccc2c(F)cc(Br)cc12. The molecule has 1 aromatic heterocycles. The Hall–Kier alpha value is -1.16. The van der Waals surface area contributed by atoms with Crippen LogP contribution >= 0.6 is 15.9 Å². The Labute approximate surface area is 81.5 Å². The van der Waals surface area contributed by atoms with Gasteiger partial charge in [0.15, 0.2) is 0 Å². The minimum Gasteiger partial charge on any atom is -0.329 e. The highest BCUT2D eigenvalue weighted by molar-refractivity contribution is 9.10. The molecule has 2 aromatic rings. The molecule has 13 heavy (non-hydrogen) atoms. The van der Waals surface area contributed by atoms with Crippen molar-refractivity contribution in [1.82, 2.24) is 4.98 Å². The summed E-state index contributed by atoms with van der Waals surface area (Å²) in [5, 5.41) is 0.696. The van der Waals surface area contributed by atoms with Crippen LogP contribution in [0.1, 0.15) is 0 Å².